The van der Waals surface area contributed by atoms with E-state index in [1.54, 1.807) is 10.7 Å². The average Bonchev–Trinajstić information content (AvgIpc) is 2.71. The molecule has 1 aliphatic rings. The van der Waals surface area contributed by atoms with E-state index in [-0.39, 0.29) is 5.91 Å². The van der Waals surface area contributed by atoms with Crippen molar-refractivity contribution in [2.75, 3.05) is 5.32 Å². The van der Waals surface area contributed by atoms with Gasteiger partial charge in [0.1, 0.15) is 5.54 Å². The Kier molecular flexibility index (Phi) is 2.47. The smallest absolute Gasteiger partial charge is 0.251 e. The zero-order chi connectivity index (χ0) is 13.8. The van der Waals surface area contributed by atoms with Gasteiger partial charge in [0.25, 0.3) is 5.91 Å². The topological polar surface area (TPSA) is 46.9 Å². The minimum Gasteiger partial charge on any atom is -0.323 e. The molecule has 0 spiro atoms. The maximum atomic E-state index is 12.4. The minimum absolute atomic E-state index is 0.0853. The summed E-state index contributed by atoms with van der Waals surface area (Å²) in [5, 5.41) is 8.03. The summed E-state index contributed by atoms with van der Waals surface area (Å²) in [5.41, 5.74) is 2.70. The van der Waals surface area contributed by atoms with Gasteiger partial charge in [-0.15, -0.1) is 0 Å². The van der Waals surface area contributed by atoms with Gasteiger partial charge in [0.2, 0.25) is 0 Å². The molecule has 98 valence electrons. The largest absolute Gasteiger partial charge is 0.323 e. The first-order valence-electron chi connectivity index (χ1n) is 6.08. The van der Waals surface area contributed by atoms with E-state index in [4.69, 9.17) is 11.6 Å². The van der Waals surface area contributed by atoms with E-state index in [2.05, 4.69) is 10.4 Å². The Morgan fingerprint density at radius 1 is 1.32 bits per heavy atom. The molecule has 0 bridgehead atoms. The third-order valence-corrected chi connectivity index (χ3v) is 3.66. The number of benzene rings is 1. The van der Waals surface area contributed by atoms with Crippen LogP contribution in [0.4, 0.5) is 5.69 Å². The lowest BCUT2D eigenvalue weighted by molar-refractivity contribution is -0.123. The zero-order valence-electron chi connectivity index (χ0n) is 11.0. The predicted molar refractivity (Wildman–Crippen MR) is 75.4 cm³/mol. The lowest BCUT2D eigenvalue weighted by Crippen LogP contribution is -2.40. The van der Waals surface area contributed by atoms with E-state index in [1.807, 2.05) is 39.0 Å². The second kappa shape index (κ2) is 3.84. The van der Waals surface area contributed by atoms with Gasteiger partial charge in [-0.1, -0.05) is 11.6 Å². The number of hydrogen-bond acceptors (Lipinski definition) is 2. The van der Waals surface area contributed by atoms with Gasteiger partial charge in [0, 0.05) is 10.6 Å². The van der Waals surface area contributed by atoms with Crippen LogP contribution in [0, 0.1) is 6.92 Å². The van der Waals surface area contributed by atoms with Gasteiger partial charge in [-0.05, 0) is 45.0 Å². The molecule has 1 aromatic carbocycles. The van der Waals surface area contributed by atoms with Gasteiger partial charge in [-0.3, -0.25) is 4.79 Å². The molecule has 0 fully saturated rings. The van der Waals surface area contributed by atoms with Gasteiger partial charge < -0.3 is 5.32 Å². The second-order valence-corrected chi connectivity index (χ2v) is 5.72. The summed E-state index contributed by atoms with van der Waals surface area (Å²) >= 11 is 6.07. The third-order valence-electron chi connectivity index (χ3n) is 3.42. The fourth-order valence-electron chi connectivity index (χ4n) is 2.33. The van der Waals surface area contributed by atoms with Crippen molar-refractivity contribution in [1.29, 1.82) is 0 Å². The number of aryl methyl sites for hydroxylation is 1. The molecule has 4 nitrogen and oxygen atoms in total. The molecule has 19 heavy (non-hydrogen) atoms. The Hall–Kier alpha value is -1.81. The number of amides is 1. The molecule has 2 aromatic rings. The monoisotopic (exact) mass is 275 g/mol. The number of hydrogen-bond donors (Lipinski definition) is 1. The van der Waals surface area contributed by atoms with Crippen molar-refractivity contribution in [1.82, 2.24) is 9.78 Å². The van der Waals surface area contributed by atoms with E-state index in [1.165, 1.54) is 0 Å². The molecule has 5 heteroatoms. The maximum Gasteiger partial charge on any atom is 0.251 e. The summed E-state index contributed by atoms with van der Waals surface area (Å²) in [7, 11) is 0. The Morgan fingerprint density at radius 2 is 2.05 bits per heavy atom. The molecule has 1 N–H and O–H groups in total. The van der Waals surface area contributed by atoms with Gasteiger partial charge in [0.15, 0.2) is 0 Å². The van der Waals surface area contributed by atoms with Crippen molar-refractivity contribution in [3.05, 3.63) is 35.0 Å². The van der Waals surface area contributed by atoms with Gasteiger partial charge in [0.05, 0.1) is 17.1 Å². The molecular weight excluding hydrogens is 262 g/mol. The normalized spacial score (nSPS) is 16.3. The van der Waals surface area contributed by atoms with Crippen LogP contribution in [0.15, 0.2) is 24.3 Å². The summed E-state index contributed by atoms with van der Waals surface area (Å²) < 4.78 is 1.76. The Balaban J connectivity index is 2.37. The number of carbonyl (C=O) groups is 1. The first-order chi connectivity index (χ1) is 8.89. The summed E-state index contributed by atoms with van der Waals surface area (Å²) in [6, 6.07) is 7.42. The fourth-order valence-corrected chi connectivity index (χ4v) is 2.50. The molecule has 3 rings (SSSR count). The van der Waals surface area contributed by atoms with Crippen molar-refractivity contribution in [2.45, 2.75) is 26.3 Å². The van der Waals surface area contributed by atoms with E-state index in [0.717, 1.165) is 22.6 Å². The van der Waals surface area contributed by atoms with E-state index < -0.39 is 5.54 Å². The van der Waals surface area contributed by atoms with Crippen molar-refractivity contribution in [2.24, 2.45) is 0 Å². The highest BCUT2D eigenvalue weighted by molar-refractivity contribution is 6.31. The van der Waals surface area contributed by atoms with E-state index >= 15 is 0 Å². The molecule has 0 unspecified atom stereocenters. The summed E-state index contributed by atoms with van der Waals surface area (Å²) in [6.07, 6.45) is 0. The van der Waals surface area contributed by atoms with Crippen LogP contribution >= 0.6 is 11.6 Å². The summed E-state index contributed by atoms with van der Waals surface area (Å²) in [4.78, 5) is 12.4. The van der Waals surface area contributed by atoms with Gasteiger partial charge in [-0.25, -0.2) is 4.68 Å². The fraction of sp³-hybridized carbons (Fsp3) is 0.286. The highest BCUT2D eigenvalue weighted by Crippen LogP contribution is 2.37. The number of carbonyl (C=O) groups excluding carboxylic acids is 1. The molecule has 0 saturated carbocycles. The third kappa shape index (κ3) is 1.75. The van der Waals surface area contributed by atoms with Crippen molar-refractivity contribution in [3.63, 3.8) is 0 Å². The quantitative estimate of drug-likeness (QED) is 0.802. The van der Waals surface area contributed by atoms with Crippen LogP contribution in [0.1, 0.15) is 19.5 Å². The second-order valence-electron chi connectivity index (χ2n) is 5.29. The van der Waals surface area contributed by atoms with Crippen molar-refractivity contribution >= 4 is 23.2 Å². The van der Waals surface area contributed by atoms with Crippen molar-refractivity contribution in [3.8, 4) is 11.3 Å². The molecule has 1 amide bonds. The minimum atomic E-state index is -0.741. The first-order valence-corrected chi connectivity index (χ1v) is 6.46. The SMILES string of the molecule is Cc1cc2n(n1)C(C)(C)C(=O)Nc1ccc(Cl)cc1-2. The molecule has 0 saturated heterocycles. The highest BCUT2D eigenvalue weighted by atomic mass is 35.5. The van der Waals surface area contributed by atoms with Crippen LogP contribution in [0.5, 0.6) is 0 Å². The number of rotatable bonds is 0. The summed E-state index contributed by atoms with van der Waals surface area (Å²) in [5.74, 6) is -0.0853. The molecule has 1 aliphatic heterocycles. The average molecular weight is 276 g/mol. The van der Waals surface area contributed by atoms with Crippen molar-refractivity contribution < 1.29 is 4.79 Å². The number of aromatic nitrogens is 2. The van der Waals surface area contributed by atoms with Gasteiger partial charge in [-0.2, -0.15) is 5.10 Å². The number of anilines is 1. The van der Waals surface area contributed by atoms with E-state index in [9.17, 15) is 4.79 Å². The first kappa shape index (κ1) is 12.2. The molecule has 0 atom stereocenters. The standard InChI is InChI=1S/C14H14ClN3O/c1-8-6-12-10-7-9(15)4-5-11(10)16-13(19)14(2,3)18(12)17-8/h4-7H,1-3H3,(H,16,19). The Bertz CT molecular complexity index is 688. The Morgan fingerprint density at radius 3 is 2.79 bits per heavy atom. The highest BCUT2D eigenvalue weighted by Gasteiger charge is 2.36. The number of nitrogens with zero attached hydrogens (tertiary/aromatic N) is 2. The van der Waals surface area contributed by atoms with Gasteiger partial charge >= 0.3 is 0 Å². The van der Waals surface area contributed by atoms with Crippen LogP contribution in [0.3, 0.4) is 0 Å². The lowest BCUT2D eigenvalue weighted by Gasteiger charge is -2.23. The molecular formula is C14H14ClN3O. The zero-order valence-corrected chi connectivity index (χ0v) is 11.7. The van der Waals surface area contributed by atoms with Crippen LogP contribution in [0.25, 0.3) is 11.3 Å². The van der Waals surface area contributed by atoms with Crippen LogP contribution in [-0.2, 0) is 10.3 Å². The summed E-state index contributed by atoms with van der Waals surface area (Å²) in [6.45, 7) is 5.62. The molecule has 2 heterocycles. The number of fused-ring (bicyclic) bond motifs is 3. The van der Waals surface area contributed by atoms with E-state index in [0.29, 0.717) is 5.02 Å². The number of halogens is 1. The molecule has 1 aromatic heterocycles. The maximum absolute atomic E-state index is 12.4. The molecule has 0 radical (unpaired) electrons. The lowest BCUT2D eigenvalue weighted by atomic mass is 10.1. The molecule has 0 aliphatic carbocycles. The van der Waals surface area contributed by atoms with Crippen LogP contribution in [0.2, 0.25) is 5.02 Å². The van der Waals surface area contributed by atoms with Crippen LogP contribution < -0.4 is 5.32 Å². The predicted octanol–water partition coefficient (Wildman–Crippen LogP) is 3.20. The number of nitrogens with one attached hydrogen (secondary N) is 1. The Labute approximate surface area is 116 Å². The van der Waals surface area contributed by atoms with Crippen LogP contribution in [-0.4, -0.2) is 15.7 Å².